The van der Waals surface area contributed by atoms with E-state index in [2.05, 4.69) is 11.9 Å². The molecule has 1 rings (SSSR count). The summed E-state index contributed by atoms with van der Waals surface area (Å²) in [5.41, 5.74) is 1.01. The second kappa shape index (κ2) is 5.17. The van der Waals surface area contributed by atoms with Gasteiger partial charge in [-0.25, -0.2) is 4.79 Å². The van der Waals surface area contributed by atoms with E-state index in [-0.39, 0.29) is 5.56 Å². The van der Waals surface area contributed by atoms with E-state index in [1.807, 2.05) is 12.2 Å². The Morgan fingerprint density at radius 1 is 1.57 bits per heavy atom. The molecule has 0 aliphatic carbocycles. The van der Waals surface area contributed by atoms with Crippen molar-refractivity contribution in [2.75, 3.05) is 0 Å². The molecule has 3 heteroatoms. The average Bonchev–Trinajstić information content (AvgIpc) is 2.19. The number of carboxylic acids is 1. The fourth-order valence-corrected chi connectivity index (χ4v) is 1.00. The highest BCUT2D eigenvalue weighted by Gasteiger charge is 2.00. The number of aromatic carboxylic acids is 1. The summed E-state index contributed by atoms with van der Waals surface area (Å²) >= 11 is 0. The highest BCUT2D eigenvalue weighted by molar-refractivity contribution is 5.87. The van der Waals surface area contributed by atoms with Gasteiger partial charge in [-0.3, -0.25) is 4.98 Å². The zero-order valence-corrected chi connectivity index (χ0v) is 8.10. The molecule has 0 spiro atoms. The maximum Gasteiger partial charge on any atom is 0.337 e. The van der Waals surface area contributed by atoms with Crippen LogP contribution < -0.4 is 0 Å². The van der Waals surface area contributed by atoms with Crippen molar-refractivity contribution in [2.24, 2.45) is 0 Å². The minimum absolute atomic E-state index is 0.220. The Bertz CT molecular complexity index is 328. The van der Waals surface area contributed by atoms with E-state index in [0.29, 0.717) is 0 Å². The minimum atomic E-state index is -0.943. The molecule has 1 N–H and O–H groups in total. The molecule has 0 saturated carbocycles. The molecule has 1 aromatic heterocycles. The molecule has 0 bridgehead atoms. The molecule has 0 fully saturated rings. The Labute approximate surface area is 83.1 Å². The van der Waals surface area contributed by atoms with Crippen molar-refractivity contribution in [3.63, 3.8) is 0 Å². The molecule has 0 aliphatic heterocycles. The number of aromatic nitrogens is 1. The molecule has 3 nitrogen and oxygen atoms in total. The standard InChI is InChI=1S/C11H13NO2/c1-2-3-4-5-10-7-6-9(8-12-10)11(13)14/h4-8H,2-3H2,1H3,(H,13,14)/b5-4+. The van der Waals surface area contributed by atoms with E-state index in [1.54, 1.807) is 12.1 Å². The van der Waals surface area contributed by atoms with Crippen LogP contribution in [0.4, 0.5) is 0 Å². The van der Waals surface area contributed by atoms with Gasteiger partial charge in [-0.2, -0.15) is 0 Å². The van der Waals surface area contributed by atoms with Crippen LogP contribution in [0.25, 0.3) is 6.08 Å². The first-order valence-corrected chi connectivity index (χ1v) is 4.60. The Hall–Kier alpha value is -1.64. The van der Waals surface area contributed by atoms with Crippen LogP contribution in [0.3, 0.4) is 0 Å². The quantitative estimate of drug-likeness (QED) is 0.795. The third-order valence-electron chi connectivity index (χ3n) is 1.78. The van der Waals surface area contributed by atoms with Crippen molar-refractivity contribution in [3.05, 3.63) is 35.7 Å². The van der Waals surface area contributed by atoms with Crippen molar-refractivity contribution < 1.29 is 9.90 Å². The third-order valence-corrected chi connectivity index (χ3v) is 1.78. The second-order valence-electron chi connectivity index (χ2n) is 2.97. The van der Waals surface area contributed by atoms with Crippen LogP contribution in [-0.4, -0.2) is 16.1 Å². The fraction of sp³-hybridized carbons (Fsp3) is 0.273. The average molecular weight is 191 g/mol. The van der Waals surface area contributed by atoms with Gasteiger partial charge in [0.15, 0.2) is 0 Å². The monoisotopic (exact) mass is 191 g/mol. The number of unbranched alkanes of at least 4 members (excludes halogenated alkanes) is 1. The number of allylic oxidation sites excluding steroid dienone is 1. The zero-order chi connectivity index (χ0) is 10.4. The number of nitrogens with zero attached hydrogens (tertiary/aromatic N) is 1. The van der Waals surface area contributed by atoms with Crippen LogP contribution in [0.1, 0.15) is 35.8 Å². The number of hydrogen-bond acceptors (Lipinski definition) is 2. The van der Waals surface area contributed by atoms with Gasteiger partial charge in [0.25, 0.3) is 0 Å². The van der Waals surface area contributed by atoms with Crippen LogP contribution in [0.15, 0.2) is 24.4 Å². The van der Waals surface area contributed by atoms with E-state index in [0.717, 1.165) is 18.5 Å². The van der Waals surface area contributed by atoms with Gasteiger partial charge in [-0.15, -0.1) is 0 Å². The van der Waals surface area contributed by atoms with Gasteiger partial charge in [0.2, 0.25) is 0 Å². The van der Waals surface area contributed by atoms with Gasteiger partial charge in [0.1, 0.15) is 0 Å². The van der Waals surface area contributed by atoms with Crippen molar-refractivity contribution in [1.29, 1.82) is 0 Å². The molecule has 74 valence electrons. The van der Waals surface area contributed by atoms with Crippen molar-refractivity contribution in [2.45, 2.75) is 19.8 Å². The molecule has 0 saturated heterocycles. The van der Waals surface area contributed by atoms with Crippen LogP contribution in [0.2, 0.25) is 0 Å². The first-order chi connectivity index (χ1) is 6.74. The molecule has 0 radical (unpaired) electrons. The van der Waals surface area contributed by atoms with Crippen molar-refractivity contribution in [3.8, 4) is 0 Å². The summed E-state index contributed by atoms with van der Waals surface area (Å²) < 4.78 is 0. The minimum Gasteiger partial charge on any atom is -0.478 e. The Morgan fingerprint density at radius 2 is 2.36 bits per heavy atom. The number of pyridine rings is 1. The molecule has 0 unspecified atom stereocenters. The van der Waals surface area contributed by atoms with Crippen LogP contribution in [0.5, 0.6) is 0 Å². The van der Waals surface area contributed by atoms with Crippen molar-refractivity contribution >= 4 is 12.0 Å². The van der Waals surface area contributed by atoms with Gasteiger partial charge < -0.3 is 5.11 Å². The molecular formula is C11H13NO2. The van der Waals surface area contributed by atoms with Gasteiger partial charge in [0, 0.05) is 6.20 Å². The summed E-state index contributed by atoms with van der Waals surface area (Å²) in [5, 5.41) is 8.63. The molecule has 14 heavy (non-hydrogen) atoms. The topological polar surface area (TPSA) is 50.2 Å². The smallest absolute Gasteiger partial charge is 0.337 e. The lowest BCUT2D eigenvalue weighted by Gasteiger charge is -1.94. The van der Waals surface area contributed by atoms with Crippen LogP contribution in [-0.2, 0) is 0 Å². The number of carboxylic acid groups (broad SMARTS) is 1. The highest BCUT2D eigenvalue weighted by atomic mass is 16.4. The summed E-state index contributed by atoms with van der Waals surface area (Å²) in [4.78, 5) is 14.5. The third kappa shape index (κ3) is 3.01. The lowest BCUT2D eigenvalue weighted by Crippen LogP contribution is -1.96. The fourth-order valence-electron chi connectivity index (χ4n) is 1.00. The second-order valence-corrected chi connectivity index (χ2v) is 2.97. The molecule has 0 aliphatic rings. The Kier molecular flexibility index (Phi) is 3.85. The maximum absolute atomic E-state index is 10.5. The molecule has 0 aromatic carbocycles. The number of hydrogen-bond donors (Lipinski definition) is 1. The molecular weight excluding hydrogens is 178 g/mol. The Morgan fingerprint density at radius 3 is 2.86 bits per heavy atom. The summed E-state index contributed by atoms with van der Waals surface area (Å²) in [5.74, 6) is -0.943. The van der Waals surface area contributed by atoms with Gasteiger partial charge in [0.05, 0.1) is 11.3 Å². The summed E-state index contributed by atoms with van der Waals surface area (Å²) in [7, 11) is 0. The van der Waals surface area contributed by atoms with E-state index >= 15 is 0 Å². The van der Waals surface area contributed by atoms with Crippen LogP contribution in [0, 0.1) is 0 Å². The Balaban J connectivity index is 2.68. The molecule has 0 amide bonds. The normalized spacial score (nSPS) is 10.6. The summed E-state index contributed by atoms with van der Waals surface area (Å²) in [6, 6.07) is 3.26. The highest BCUT2D eigenvalue weighted by Crippen LogP contribution is 2.03. The lowest BCUT2D eigenvalue weighted by molar-refractivity contribution is 0.0696. The largest absolute Gasteiger partial charge is 0.478 e. The van der Waals surface area contributed by atoms with Crippen molar-refractivity contribution in [1.82, 2.24) is 4.98 Å². The SMILES string of the molecule is CCC/C=C/c1ccc(C(=O)O)cn1. The van der Waals surface area contributed by atoms with Gasteiger partial charge in [-0.05, 0) is 24.6 Å². The summed E-state index contributed by atoms with van der Waals surface area (Å²) in [6.45, 7) is 2.10. The van der Waals surface area contributed by atoms with E-state index < -0.39 is 5.97 Å². The zero-order valence-electron chi connectivity index (χ0n) is 8.10. The molecule has 1 heterocycles. The van der Waals surface area contributed by atoms with E-state index in [1.165, 1.54) is 6.20 Å². The van der Waals surface area contributed by atoms with E-state index in [9.17, 15) is 4.79 Å². The predicted molar refractivity (Wildman–Crippen MR) is 55.1 cm³/mol. The number of rotatable bonds is 4. The molecule has 1 aromatic rings. The number of carbonyl (C=O) groups is 1. The van der Waals surface area contributed by atoms with Crippen LogP contribution >= 0.6 is 0 Å². The molecule has 0 atom stereocenters. The van der Waals surface area contributed by atoms with Gasteiger partial charge >= 0.3 is 5.97 Å². The van der Waals surface area contributed by atoms with Gasteiger partial charge in [-0.1, -0.05) is 19.4 Å². The predicted octanol–water partition coefficient (Wildman–Crippen LogP) is 2.59. The lowest BCUT2D eigenvalue weighted by atomic mass is 10.2. The first-order valence-electron chi connectivity index (χ1n) is 4.60. The first kappa shape index (κ1) is 10.4. The van der Waals surface area contributed by atoms with E-state index in [4.69, 9.17) is 5.11 Å². The summed E-state index contributed by atoms with van der Waals surface area (Å²) in [6.07, 6.45) is 7.41. The maximum atomic E-state index is 10.5.